The SMILES string of the molecule is CO[C@@H]1CCN(c2nccc(N)n2)C[C@@]1(C)F. The Hall–Kier alpha value is -1.43. The van der Waals surface area contributed by atoms with Crippen LogP contribution in [0.5, 0.6) is 0 Å². The van der Waals surface area contributed by atoms with E-state index in [1.807, 2.05) is 0 Å². The summed E-state index contributed by atoms with van der Waals surface area (Å²) in [7, 11) is 1.54. The average Bonchev–Trinajstić information content (AvgIpc) is 2.27. The van der Waals surface area contributed by atoms with Crippen molar-refractivity contribution in [3.63, 3.8) is 0 Å². The molecule has 0 aliphatic carbocycles. The van der Waals surface area contributed by atoms with Gasteiger partial charge in [-0.15, -0.1) is 0 Å². The Morgan fingerprint density at radius 1 is 1.65 bits per heavy atom. The van der Waals surface area contributed by atoms with Gasteiger partial charge in [0.1, 0.15) is 5.82 Å². The maximum atomic E-state index is 14.3. The molecule has 0 aromatic carbocycles. The lowest BCUT2D eigenvalue weighted by atomic mass is 9.93. The van der Waals surface area contributed by atoms with Gasteiger partial charge in [-0.1, -0.05) is 0 Å². The maximum absolute atomic E-state index is 14.3. The molecule has 1 aliphatic rings. The summed E-state index contributed by atoms with van der Waals surface area (Å²) in [4.78, 5) is 10.0. The number of hydrogen-bond acceptors (Lipinski definition) is 5. The summed E-state index contributed by atoms with van der Waals surface area (Å²) in [6.45, 7) is 2.43. The number of nitrogens with zero attached hydrogens (tertiary/aromatic N) is 3. The number of methoxy groups -OCH3 is 1. The molecule has 0 unspecified atom stereocenters. The normalized spacial score (nSPS) is 29.4. The third kappa shape index (κ3) is 2.46. The second kappa shape index (κ2) is 4.44. The number of ether oxygens (including phenoxy) is 1. The molecule has 0 amide bonds. The number of nitrogen functional groups attached to an aromatic ring is 1. The van der Waals surface area contributed by atoms with Crippen LogP contribution in [-0.4, -0.2) is 41.9 Å². The van der Waals surface area contributed by atoms with E-state index in [4.69, 9.17) is 10.5 Å². The van der Waals surface area contributed by atoms with Crippen molar-refractivity contribution in [2.24, 2.45) is 0 Å². The molecule has 94 valence electrons. The van der Waals surface area contributed by atoms with Gasteiger partial charge in [0.05, 0.1) is 12.6 Å². The van der Waals surface area contributed by atoms with Crippen molar-refractivity contribution in [1.29, 1.82) is 0 Å². The second-order valence-corrected chi connectivity index (χ2v) is 4.49. The van der Waals surface area contributed by atoms with Crippen molar-refractivity contribution in [3.05, 3.63) is 12.3 Å². The summed E-state index contributed by atoms with van der Waals surface area (Å²) in [5.74, 6) is 0.868. The zero-order valence-corrected chi connectivity index (χ0v) is 10.1. The van der Waals surface area contributed by atoms with Crippen LogP contribution in [0.4, 0.5) is 16.2 Å². The van der Waals surface area contributed by atoms with Gasteiger partial charge in [-0.25, -0.2) is 9.37 Å². The smallest absolute Gasteiger partial charge is 0.227 e. The predicted octanol–water partition coefficient (Wildman–Crippen LogP) is 1.01. The quantitative estimate of drug-likeness (QED) is 0.836. The van der Waals surface area contributed by atoms with Gasteiger partial charge in [-0.05, 0) is 19.4 Å². The summed E-state index contributed by atoms with van der Waals surface area (Å²) < 4.78 is 19.5. The van der Waals surface area contributed by atoms with Gasteiger partial charge in [-0.2, -0.15) is 4.98 Å². The topological polar surface area (TPSA) is 64.3 Å². The zero-order chi connectivity index (χ0) is 12.5. The summed E-state index contributed by atoms with van der Waals surface area (Å²) in [5, 5.41) is 0. The van der Waals surface area contributed by atoms with E-state index >= 15 is 0 Å². The van der Waals surface area contributed by atoms with Crippen molar-refractivity contribution in [3.8, 4) is 0 Å². The molecule has 2 heterocycles. The molecule has 0 bridgehead atoms. The van der Waals surface area contributed by atoms with Crippen LogP contribution in [0, 0.1) is 0 Å². The average molecular weight is 240 g/mol. The molecule has 6 heteroatoms. The van der Waals surface area contributed by atoms with Gasteiger partial charge in [0.2, 0.25) is 5.95 Å². The Morgan fingerprint density at radius 3 is 3.00 bits per heavy atom. The minimum atomic E-state index is -1.40. The lowest BCUT2D eigenvalue weighted by Crippen LogP contribution is -2.53. The van der Waals surface area contributed by atoms with Crippen LogP contribution in [-0.2, 0) is 4.74 Å². The Bertz CT molecular complexity index is 399. The zero-order valence-electron chi connectivity index (χ0n) is 10.1. The van der Waals surface area contributed by atoms with Gasteiger partial charge < -0.3 is 15.4 Å². The standard InChI is InChI=1S/C11H17FN4O/c1-11(12)7-16(6-4-8(11)17-2)10-14-5-3-9(13)15-10/h3,5,8H,4,6-7H2,1-2H3,(H2,13,14,15)/t8-,11-/m1/s1. The van der Waals surface area contributed by atoms with Crippen LogP contribution in [0.25, 0.3) is 0 Å². The molecule has 1 aromatic heterocycles. The van der Waals surface area contributed by atoms with Crippen LogP contribution in [0.2, 0.25) is 0 Å². The minimum Gasteiger partial charge on any atom is -0.384 e. The molecule has 0 radical (unpaired) electrons. The molecule has 2 atom stereocenters. The number of halogens is 1. The number of alkyl halides is 1. The minimum absolute atomic E-state index is 0.217. The molecule has 1 aromatic rings. The second-order valence-electron chi connectivity index (χ2n) is 4.49. The first-order valence-corrected chi connectivity index (χ1v) is 5.58. The van der Waals surface area contributed by atoms with Crippen LogP contribution in [0.1, 0.15) is 13.3 Å². The number of piperidine rings is 1. The number of aromatic nitrogens is 2. The molecular weight excluding hydrogens is 223 g/mol. The number of hydrogen-bond donors (Lipinski definition) is 1. The third-order valence-electron chi connectivity index (χ3n) is 3.06. The fourth-order valence-corrected chi connectivity index (χ4v) is 2.18. The molecule has 17 heavy (non-hydrogen) atoms. The summed E-state index contributed by atoms with van der Waals surface area (Å²) in [6, 6.07) is 1.61. The van der Waals surface area contributed by atoms with E-state index in [-0.39, 0.29) is 12.6 Å². The largest absolute Gasteiger partial charge is 0.384 e. The molecule has 0 spiro atoms. The van der Waals surface area contributed by atoms with E-state index in [1.165, 1.54) is 7.11 Å². The van der Waals surface area contributed by atoms with Gasteiger partial charge in [0.15, 0.2) is 5.67 Å². The van der Waals surface area contributed by atoms with E-state index in [2.05, 4.69) is 9.97 Å². The highest BCUT2D eigenvalue weighted by Crippen LogP contribution is 2.29. The first-order valence-electron chi connectivity index (χ1n) is 5.58. The van der Waals surface area contributed by atoms with Gasteiger partial charge in [0.25, 0.3) is 0 Å². The highest BCUT2D eigenvalue weighted by atomic mass is 19.1. The van der Waals surface area contributed by atoms with E-state index < -0.39 is 5.67 Å². The van der Waals surface area contributed by atoms with E-state index in [0.29, 0.717) is 24.7 Å². The molecule has 5 nitrogen and oxygen atoms in total. The molecule has 1 aliphatic heterocycles. The molecule has 2 rings (SSSR count). The van der Waals surface area contributed by atoms with Crippen LogP contribution in [0.3, 0.4) is 0 Å². The maximum Gasteiger partial charge on any atom is 0.227 e. The Labute approximate surface area is 99.8 Å². The molecule has 1 saturated heterocycles. The van der Waals surface area contributed by atoms with Crippen LogP contribution in [0.15, 0.2) is 12.3 Å². The van der Waals surface area contributed by atoms with Crippen LogP contribution < -0.4 is 10.6 Å². The summed E-state index contributed by atoms with van der Waals surface area (Å²) >= 11 is 0. The predicted molar refractivity (Wildman–Crippen MR) is 63.6 cm³/mol. The lowest BCUT2D eigenvalue weighted by Gasteiger charge is -2.40. The summed E-state index contributed by atoms with van der Waals surface area (Å²) in [5.41, 5.74) is 4.19. The molecule has 0 saturated carbocycles. The monoisotopic (exact) mass is 240 g/mol. The van der Waals surface area contributed by atoms with Crippen molar-refractivity contribution < 1.29 is 9.13 Å². The van der Waals surface area contributed by atoms with Gasteiger partial charge in [-0.3, -0.25) is 0 Å². The molecular formula is C11H17FN4O. The van der Waals surface area contributed by atoms with E-state index in [9.17, 15) is 4.39 Å². The van der Waals surface area contributed by atoms with E-state index in [1.54, 1.807) is 24.1 Å². The first kappa shape index (κ1) is 12.0. The number of anilines is 2. The fraction of sp³-hybridized carbons (Fsp3) is 0.636. The lowest BCUT2D eigenvalue weighted by molar-refractivity contribution is -0.0381. The Morgan fingerprint density at radius 2 is 2.41 bits per heavy atom. The Kier molecular flexibility index (Phi) is 3.15. The van der Waals surface area contributed by atoms with Crippen molar-refractivity contribution >= 4 is 11.8 Å². The van der Waals surface area contributed by atoms with Crippen LogP contribution >= 0.6 is 0 Å². The van der Waals surface area contributed by atoms with Crippen molar-refractivity contribution in [1.82, 2.24) is 9.97 Å². The van der Waals surface area contributed by atoms with Crippen molar-refractivity contribution in [2.45, 2.75) is 25.1 Å². The highest BCUT2D eigenvalue weighted by molar-refractivity contribution is 5.38. The van der Waals surface area contributed by atoms with E-state index in [0.717, 1.165) is 0 Å². The first-order chi connectivity index (χ1) is 8.03. The van der Waals surface area contributed by atoms with Gasteiger partial charge in [0, 0.05) is 19.9 Å². The number of nitrogens with two attached hydrogens (primary N) is 1. The Balaban J connectivity index is 2.15. The summed E-state index contributed by atoms with van der Waals surface area (Å²) in [6.07, 6.45) is 1.82. The third-order valence-corrected chi connectivity index (χ3v) is 3.06. The molecule has 1 fully saturated rings. The highest BCUT2D eigenvalue weighted by Gasteiger charge is 2.41. The fourth-order valence-electron chi connectivity index (χ4n) is 2.18. The molecule has 2 N–H and O–H groups in total. The van der Waals surface area contributed by atoms with Gasteiger partial charge >= 0.3 is 0 Å². The number of rotatable bonds is 2. The van der Waals surface area contributed by atoms with Crippen molar-refractivity contribution in [2.75, 3.05) is 30.8 Å².